The zero-order chi connectivity index (χ0) is 28.9. The largest absolute Gasteiger partial charge is 0.459 e. The van der Waals surface area contributed by atoms with Gasteiger partial charge >= 0.3 is 12.1 Å². The van der Waals surface area contributed by atoms with Gasteiger partial charge in [-0.1, -0.05) is 6.58 Å². The molecule has 0 heterocycles. The Bertz CT molecular complexity index is 818. The average molecular weight is 525 g/mol. The molecule has 1 aliphatic carbocycles. The van der Waals surface area contributed by atoms with E-state index < -0.39 is 57.8 Å². The van der Waals surface area contributed by atoms with Crippen LogP contribution in [0.5, 0.6) is 0 Å². The minimum Gasteiger partial charge on any atom is -0.459 e. The molecule has 6 nitrogen and oxygen atoms in total. The van der Waals surface area contributed by atoms with Crippen molar-refractivity contribution in [2.24, 2.45) is 11.8 Å². The van der Waals surface area contributed by atoms with E-state index in [9.17, 15) is 28.2 Å². The van der Waals surface area contributed by atoms with E-state index in [0.717, 1.165) is 0 Å². The number of carbonyl (C=O) groups is 1. The van der Waals surface area contributed by atoms with E-state index in [1.807, 2.05) is 13.8 Å². The number of ether oxygens (including phenoxy) is 3. The van der Waals surface area contributed by atoms with Gasteiger partial charge < -0.3 is 24.4 Å². The van der Waals surface area contributed by atoms with Gasteiger partial charge in [0.15, 0.2) is 5.60 Å². The third-order valence-corrected chi connectivity index (χ3v) is 8.16. The number of esters is 1. The third kappa shape index (κ3) is 6.83. The van der Waals surface area contributed by atoms with Crippen LogP contribution < -0.4 is 0 Å². The van der Waals surface area contributed by atoms with E-state index in [1.54, 1.807) is 48.5 Å². The lowest BCUT2D eigenvalue weighted by Gasteiger charge is -2.51. The molecule has 0 amide bonds. The molecule has 1 rings (SSSR count). The molecule has 4 unspecified atom stereocenters. The Morgan fingerprint density at radius 3 is 1.44 bits per heavy atom. The second-order valence-electron chi connectivity index (χ2n) is 13.1. The average Bonchev–Trinajstić information content (AvgIpc) is 3.03. The zero-order valence-corrected chi connectivity index (χ0v) is 24.0. The molecule has 2 N–H and O–H groups in total. The third-order valence-electron chi connectivity index (χ3n) is 8.16. The van der Waals surface area contributed by atoms with Crippen molar-refractivity contribution in [2.75, 3.05) is 0 Å². The van der Waals surface area contributed by atoms with Crippen LogP contribution in [0.2, 0.25) is 0 Å². The molecule has 0 aromatic heterocycles. The highest BCUT2D eigenvalue weighted by molar-refractivity contribution is 5.87. The molecule has 0 bridgehead atoms. The molecular weight excluding hydrogens is 477 g/mol. The van der Waals surface area contributed by atoms with Crippen LogP contribution in [0.4, 0.5) is 13.2 Å². The van der Waals surface area contributed by atoms with Gasteiger partial charge in [0.05, 0.1) is 22.4 Å². The molecule has 1 fully saturated rings. The van der Waals surface area contributed by atoms with Crippen LogP contribution in [0.25, 0.3) is 0 Å². The number of rotatable bonds is 10. The van der Waals surface area contributed by atoms with Gasteiger partial charge in [-0.2, -0.15) is 13.2 Å². The fourth-order valence-corrected chi connectivity index (χ4v) is 4.91. The Morgan fingerprint density at radius 1 is 0.778 bits per heavy atom. The van der Waals surface area contributed by atoms with Gasteiger partial charge in [0.1, 0.15) is 11.7 Å². The second-order valence-corrected chi connectivity index (χ2v) is 13.1. The summed E-state index contributed by atoms with van der Waals surface area (Å²) in [4.78, 5) is 12.3. The lowest BCUT2D eigenvalue weighted by Crippen LogP contribution is -2.63. The van der Waals surface area contributed by atoms with E-state index in [4.69, 9.17) is 14.2 Å². The predicted molar refractivity (Wildman–Crippen MR) is 132 cm³/mol. The van der Waals surface area contributed by atoms with E-state index in [1.165, 1.54) is 13.8 Å². The SMILES string of the molecule is C=C(C)C(=O)OC1CC(C(C)(C)OC(C)(C)C(C)(C)O)C(C(C)(C)OC(C)(C)C(C)(O)C(F)(F)F)C1. The maximum atomic E-state index is 13.7. The quantitative estimate of drug-likeness (QED) is 0.280. The van der Waals surface area contributed by atoms with Gasteiger partial charge in [-0.05, 0) is 108 Å². The molecule has 0 spiro atoms. The summed E-state index contributed by atoms with van der Waals surface area (Å²) in [5.74, 6) is -1.30. The van der Waals surface area contributed by atoms with Crippen LogP contribution in [0.15, 0.2) is 12.2 Å². The molecule has 0 aromatic carbocycles. The first-order chi connectivity index (χ1) is 15.6. The molecule has 0 radical (unpaired) electrons. The minimum atomic E-state index is -4.92. The van der Waals surface area contributed by atoms with Crippen molar-refractivity contribution in [2.45, 2.75) is 142 Å². The number of aliphatic hydroxyl groups is 2. The van der Waals surface area contributed by atoms with Crippen molar-refractivity contribution in [3.8, 4) is 0 Å². The number of carbonyl (C=O) groups excluding carboxylic acids is 1. The van der Waals surface area contributed by atoms with Crippen LogP contribution in [-0.2, 0) is 19.0 Å². The lowest BCUT2D eigenvalue weighted by molar-refractivity contribution is -0.333. The van der Waals surface area contributed by atoms with Crippen molar-refractivity contribution >= 4 is 5.97 Å². The van der Waals surface area contributed by atoms with Crippen molar-refractivity contribution < 1.29 is 42.4 Å². The standard InChI is InChI=1S/C27H47F3O6/c1-16(2)20(31)34-17-14-18(21(3,4)35-24(9,10)23(7,8)32)19(15-17)22(5,6)36-25(11,12)26(13,33)27(28,29)30/h17-19,32-33H,1,14-15H2,2-13H3. The highest BCUT2D eigenvalue weighted by Crippen LogP contribution is 2.52. The first-order valence-electron chi connectivity index (χ1n) is 12.4. The van der Waals surface area contributed by atoms with Crippen LogP contribution in [-0.4, -0.2) is 62.1 Å². The fourth-order valence-electron chi connectivity index (χ4n) is 4.91. The van der Waals surface area contributed by atoms with E-state index in [2.05, 4.69) is 6.58 Å². The Kier molecular flexibility index (Phi) is 9.00. The van der Waals surface area contributed by atoms with Gasteiger partial charge in [0, 0.05) is 5.57 Å². The molecule has 0 saturated heterocycles. The van der Waals surface area contributed by atoms with Gasteiger partial charge in [-0.25, -0.2) is 4.79 Å². The minimum absolute atomic E-state index is 0.242. The number of hydrogen-bond donors (Lipinski definition) is 2. The zero-order valence-electron chi connectivity index (χ0n) is 24.0. The second kappa shape index (κ2) is 9.86. The Balaban J connectivity index is 3.45. The van der Waals surface area contributed by atoms with Crippen molar-refractivity contribution in [3.05, 3.63) is 12.2 Å². The summed E-state index contributed by atoms with van der Waals surface area (Å²) in [6, 6.07) is 0. The summed E-state index contributed by atoms with van der Waals surface area (Å²) in [6.07, 6.45) is -4.76. The van der Waals surface area contributed by atoms with Crippen molar-refractivity contribution in [3.63, 3.8) is 0 Å². The van der Waals surface area contributed by atoms with Crippen LogP contribution in [0.1, 0.15) is 95.9 Å². The highest BCUT2D eigenvalue weighted by Gasteiger charge is 2.63. The molecule has 36 heavy (non-hydrogen) atoms. The molecule has 0 aromatic rings. The molecular formula is C27H47F3O6. The van der Waals surface area contributed by atoms with E-state index in [0.29, 0.717) is 19.8 Å². The summed E-state index contributed by atoms with van der Waals surface area (Å²) in [7, 11) is 0. The number of hydrogen-bond acceptors (Lipinski definition) is 6. The Labute approximate surface area is 214 Å². The number of alkyl halides is 3. The lowest BCUT2D eigenvalue weighted by atomic mass is 9.73. The van der Waals surface area contributed by atoms with Gasteiger partial charge in [0.25, 0.3) is 0 Å². The predicted octanol–water partition coefficient (Wildman–Crippen LogP) is 5.73. The fraction of sp³-hybridized carbons (Fsp3) is 0.889. The Hall–Kier alpha value is -1.16. The normalized spacial score (nSPS) is 24.4. The summed E-state index contributed by atoms with van der Waals surface area (Å²) in [5.41, 5.74) is -9.12. The van der Waals surface area contributed by atoms with Crippen LogP contribution >= 0.6 is 0 Å². The van der Waals surface area contributed by atoms with Crippen molar-refractivity contribution in [1.82, 2.24) is 0 Å². The van der Waals surface area contributed by atoms with Gasteiger partial charge in [-0.3, -0.25) is 0 Å². The topological polar surface area (TPSA) is 85.2 Å². The van der Waals surface area contributed by atoms with Crippen LogP contribution in [0.3, 0.4) is 0 Å². The molecule has 9 heteroatoms. The monoisotopic (exact) mass is 524 g/mol. The Morgan fingerprint density at radius 2 is 1.14 bits per heavy atom. The molecule has 4 atom stereocenters. The van der Waals surface area contributed by atoms with Crippen LogP contribution in [0, 0.1) is 11.8 Å². The summed E-state index contributed by atoms with van der Waals surface area (Å²) in [6.45, 7) is 22.2. The van der Waals surface area contributed by atoms with Gasteiger partial charge in [0.2, 0.25) is 0 Å². The smallest absolute Gasteiger partial charge is 0.419 e. The van der Waals surface area contributed by atoms with Gasteiger partial charge in [-0.15, -0.1) is 0 Å². The maximum Gasteiger partial charge on any atom is 0.419 e. The molecule has 1 saturated carbocycles. The summed E-state index contributed by atoms with van der Waals surface area (Å²) < 4.78 is 59.3. The first kappa shape index (κ1) is 32.9. The highest BCUT2D eigenvalue weighted by atomic mass is 19.4. The molecule has 1 aliphatic rings. The molecule has 0 aliphatic heterocycles. The van der Waals surface area contributed by atoms with Crippen molar-refractivity contribution in [1.29, 1.82) is 0 Å². The summed E-state index contributed by atoms with van der Waals surface area (Å²) in [5, 5.41) is 21.1. The first-order valence-corrected chi connectivity index (χ1v) is 12.4. The number of halogens is 3. The maximum absolute atomic E-state index is 13.7. The molecule has 212 valence electrons. The van der Waals surface area contributed by atoms with E-state index in [-0.39, 0.29) is 11.5 Å². The summed E-state index contributed by atoms with van der Waals surface area (Å²) >= 11 is 0. The van der Waals surface area contributed by atoms with E-state index >= 15 is 0 Å².